The Morgan fingerprint density at radius 2 is 1.93 bits per heavy atom. The van der Waals surface area contributed by atoms with E-state index in [1.165, 1.54) is 0 Å². The van der Waals surface area contributed by atoms with Crippen LogP contribution < -0.4 is 10.6 Å². The molecule has 1 aromatic rings. The third-order valence-electron chi connectivity index (χ3n) is 4.33. The summed E-state index contributed by atoms with van der Waals surface area (Å²) in [5, 5.41) is 5.42. The second-order valence-corrected chi connectivity index (χ2v) is 8.00. The SMILES string of the molecule is Cc1ccc(C(=O)N2CCCC(C(=O)NCCNC(=O)OC(C)(C)C)C2)cn1. The molecule has 28 heavy (non-hydrogen) atoms. The molecule has 1 atom stereocenters. The number of amides is 3. The van der Waals surface area contributed by atoms with Gasteiger partial charge in [0.25, 0.3) is 5.91 Å². The molecule has 0 aromatic carbocycles. The van der Waals surface area contributed by atoms with Crippen molar-refractivity contribution in [2.24, 2.45) is 5.92 Å². The number of pyridine rings is 1. The lowest BCUT2D eigenvalue weighted by atomic mass is 9.96. The summed E-state index contributed by atoms with van der Waals surface area (Å²) in [6.07, 6.45) is 2.58. The van der Waals surface area contributed by atoms with Gasteiger partial charge in [0.15, 0.2) is 0 Å². The Kier molecular flexibility index (Phi) is 7.37. The van der Waals surface area contributed by atoms with Gasteiger partial charge >= 0.3 is 6.09 Å². The lowest BCUT2D eigenvalue weighted by molar-refractivity contribution is -0.126. The lowest BCUT2D eigenvalue weighted by Crippen LogP contribution is -2.46. The molecule has 0 aliphatic carbocycles. The molecule has 154 valence electrons. The van der Waals surface area contributed by atoms with Crippen LogP contribution in [0.2, 0.25) is 0 Å². The van der Waals surface area contributed by atoms with Crippen LogP contribution in [0.4, 0.5) is 4.79 Å². The predicted octanol–water partition coefficient (Wildman–Crippen LogP) is 1.88. The van der Waals surface area contributed by atoms with Crippen LogP contribution in [-0.2, 0) is 9.53 Å². The first-order chi connectivity index (χ1) is 13.2. The number of ether oxygens (including phenoxy) is 1. The predicted molar refractivity (Wildman–Crippen MR) is 105 cm³/mol. The highest BCUT2D eigenvalue weighted by molar-refractivity contribution is 5.94. The van der Waals surface area contributed by atoms with Crippen LogP contribution in [0, 0.1) is 12.8 Å². The maximum Gasteiger partial charge on any atom is 0.407 e. The van der Waals surface area contributed by atoms with Crippen molar-refractivity contribution in [1.29, 1.82) is 0 Å². The number of hydrogen-bond acceptors (Lipinski definition) is 5. The minimum absolute atomic E-state index is 0.100. The summed E-state index contributed by atoms with van der Waals surface area (Å²) >= 11 is 0. The molecule has 2 rings (SSSR count). The average Bonchev–Trinajstić information content (AvgIpc) is 2.64. The Morgan fingerprint density at radius 1 is 1.21 bits per heavy atom. The van der Waals surface area contributed by atoms with E-state index in [4.69, 9.17) is 4.74 Å². The number of aromatic nitrogens is 1. The quantitative estimate of drug-likeness (QED) is 0.748. The standard InChI is InChI=1S/C20H30N4O4/c1-14-7-8-15(12-23-14)18(26)24-11-5-6-16(13-24)17(25)21-9-10-22-19(27)28-20(2,3)4/h7-8,12,16H,5-6,9-11,13H2,1-4H3,(H,21,25)(H,22,27). The fourth-order valence-electron chi connectivity index (χ4n) is 2.96. The summed E-state index contributed by atoms with van der Waals surface area (Å²) in [4.78, 5) is 42.5. The van der Waals surface area contributed by atoms with E-state index in [9.17, 15) is 14.4 Å². The summed E-state index contributed by atoms with van der Waals surface area (Å²) in [6, 6.07) is 3.57. The molecule has 0 bridgehead atoms. The summed E-state index contributed by atoms with van der Waals surface area (Å²) in [5.74, 6) is -0.459. The molecular formula is C20H30N4O4. The zero-order valence-corrected chi connectivity index (χ0v) is 17.1. The highest BCUT2D eigenvalue weighted by Crippen LogP contribution is 2.18. The van der Waals surface area contributed by atoms with Crippen LogP contribution in [-0.4, -0.2) is 59.6 Å². The molecule has 0 saturated carbocycles. The number of rotatable bonds is 5. The number of carbonyl (C=O) groups is 3. The third-order valence-corrected chi connectivity index (χ3v) is 4.33. The van der Waals surface area contributed by atoms with Crippen molar-refractivity contribution in [1.82, 2.24) is 20.5 Å². The molecule has 0 radical (unpaired) electrons. The van der Waals surface area contributed by atoms with E-state index in [1.807, 2.05) is 6.92 Å². The van der Waals surface area contributed by atoms with Gasteiger partial charge in [0.1, 0.15) is 5.60 Å². The largest absolute Gasteiger partial charge is 0.444 e. The van der Waals surface area contributed by atoms with Crippen molar-refractivity contribution in [3.8, 4) is 0 Å². The molecule has 8 heteroatoms. The normalized spacial score (nSPS) is 17.0. The molecule has 8 nitrogen and oxygen atoms in total. The average molecular weight is 390 g/mol. The van der Waals surface area contributed by atoms with Gasteiger partial charge in [-0.15, -0.1) is 0 Å². The van der Waals surface area contributed by atoms with Crippen LogP contribution in [0.5, 0.6) is 0 Å². The van der Waals surface area contributed by atoms with Crippen molar-refractivity contribution in [2.75, 3.05) is 26.2 Å². The van der Waals surface area contributed by atoms with E-state index in [2.05, 4.69) is 15.6 Å². The molecule has 1 fully saturated rings. The molecule has 1 aliphatic heterocycles. The number of likely N-dealkylation sites (tertiary alicyclic amines) is 1. The van der Waals surface area contributed by atoms with E-state index >= 15 is 0 Å². The number of carbonyl (C=O) groups excluding carboxylic acids is 3. The molecule has 1 aliphatic rings. The zero-order chi connectivity index (χ0) is 20.7. The van der Waals surface area contributed by atoms with Gasteiger partial charge in [-0.3, -0.25) is 14.6 Å². The Bertz CT molecular complexity index is 697. The Morgan fingerprint density at radius 3 is 2.57 bits per heavy atom. The Balaban J connectivity index is 1.77. The Hall–Kier alpha value is -2.64. The van der Waals surface area contributed by atoms with Crippen molar-refractivity contribution < 1.29 is 19.1 Å². The van der Waals surface area contributed by atoms with E-state index in [0.717, 1.165) is 18.5 Å². The topological polar surface area (TPSA) is 101 Å². The van der Waals surface area contributed by atoms with Gasteiger partial charge in [0, 0.05) is 38.1 Å². The maximum atomic E-state index is 12.6. The van der Waals surface area contributed by atoms with E-state index < -0.39 is 11.7 Å². The smallest absolute Gasteiger partial charge is 0.407 e. The fraction of sp³-hybridized carbons (Fsp3) is 0.600. The minimum atomic E-state index is -0.557. The van der Waals surface area contributed by atoms with E-state index in [1.54, 1.807) is 44.0 Å². The van der Waals surface area contributed by atoms with Gasteiger partial charge in [-0.2, -0.15) is 0 Å². The number of nitrogens with zero attached hydrogens (tertiary/aromatic N) is 2. The van der Waals surface area contributed by atoms with Gasteiger partial charge in [-0.05, 0) is 52.7 Å². The first kappa shape index (κ1) is 21.7. The summed E-state index contributed by atoms with van der Waals surface area (Å²) < 4.78 is 5.14. The van der Waals surface area contributed by atoms with E-state index in [0.29, 0.717) is 25.2 Å². The van der Waals surface area contributed by atoms with Crippen molar-refractivity contribution in [3.05, 3.63) is 29.6 Å². The van der Waals surface area contributed by atoms with Crippen molar-refractivity contribution in [3.63, 3.8) is 0 Å². The first-order valence-corrected chi connectivity index (χ1v) is 9.62. The monoisotopic (exact) mass is 390 g/mol. The van der Waals surface area contributed by atoms with Crippen LogP contribution in [0.25, 0.3) is 0 Å². The van der Waals surface area contributed by atoms with Gasteiger partial charge in [0.2, 0.25) is 5.91 Å². The highest BCUT2D eigenvalue weighted by Gasteiger charge is 2.28. The summed E-state index contributed by atoms with van der Waals surface area (Å²) in [5.41, 5.74) is 0.832. The van der Waals surface area contributed by atoms with E-state index in [-0.39, 0.29) is 24.3 Å². The third kappa shape index (κ3) is 6.83. The van der Waals surface area contributed by atoms with Crippen molar-refractivity contribution in [2.45, 2.75) is 46.1 Å². The van der Waals surface area contributed by atoms with Crippen molar-refractivity contribution >= 4 is 17.9 Å². The van der Waals surface area contributed by atoms with Crippen LogP contribution >= 0.6 is 0 Å². The number of aryl methyl sites for hydroxylation is 1. The zero-order valence-electron chi connectivity index (χ0n) is 17.1. The first-order valence-electron chi connectivity index (χ1n) is 9.62. The second-order valence-electron chi connectivity index (χ2n) is 8.00. The fourth-order valence-corrected chi connectivity index (χ4v) is 2.96. The van der Waals surface area contributed by atoms with Crippen LogP contribution in [0.15, 0.2) is 18.3 Å². The minimum Gasteiger partial charge on any atom is -0.444 e. The van der Waals surface area contributed by atoms with Crippen LogP contribution in [0.3, 0.4) is 0 Å². The lowest BCUT2D eigenvalue weighted by Gasteiger charge is -2.32. The van der Waals surface area contributed by atoms with Gasteiger partial charge in [-0.1, -0.05) is 0 Å². The molecule has 1 aromatic heterocycles. The molecular weight excluding hydrogens is 360 g/mol. The summed E-state index contributed by atoms with van der Waals surface area (Å²) in [6.45, 7) is 8.85. The number of nitrogens with one attached hydrogen (secondary N) is 2. The molecule has 1 saturated heterocycles. The molecule has 2 N–H and O–H groups in total. The van der Waals surface area contributed by atoms with Gasteiger partial charge in [0.05, 0.1) is 11.5 Å². The molecule has 3 amide bonds. The van der Waals surface area contributed by atoms with Gasteiger partial charge in [-0.25, -0.2) is 4.79 Å². The number of piperidine rings is 1. The van der Waals surface area contributed by atoms with Crippen LogP contribution in [0.1, 0.15) is 49.7 Å². The maximum absolute atomic E-state index is 12.6. The number of alkyl carbamates (subject to hydrolysis) is 1. The molecule has 1 unspecified atom stereocenters. The second kappa shape index (κ2) is 9.52. The Labute approximate surface area is 166 Å². The molecule has 2 heterocycles. The number of hydrogen-bond donors (Lipinski definition) is 2. The summed E-state index contributed by atoms with van der Waals surface area (Å²) in [7, 11) is 0. The highest BCUT2D eigenvalue weighted by atomic mass is 16.6. The van der Waals surface area contributed by atoms with Gasteiger partial charge < -0.3 is 20.3 Å². The molecule has 0 spiro atoms.